The average molecular weight is 245 g/mol. The van der Waals surface area contributed by atoms with Gasteiger partial charge in [0.25, 0.3) is 0 Å². The number of para-hydroxylation sites is 1. The molecule has 0 saturated carbocycles. The first kappa shape index (κ1) is 11.3. The van der Waals surface area contributed by atoms with Crippen molar-refractivity contribution < 1.29 is 14.6 Å². The van der Waals surface area contributed by atoms with Crippen molar-refractivity contribution in [2.75, 3.05) is 13.1 Å². The Labute approximate surface area is 105 Å². The molecule has 3 rings (SSSR count). The molecule has 0 atom stereocenters. The van der Waals surface area contributed by atoms with Gasteiger partial charge in [-0.3, -0.25) is 4.79 Å². The molecule has 0 aromatic heterocycles. The number of nitrogens with one attached hydrogen (secondary N) is 1. The highest BCUT2D eigenvalue weighted by Crippen LogP contribution is 2.41. The monoisotopic (exact) mass is 245 g/mol. The van der Waals surface area contributed by atoms with Crippen LogP contribution in [0.15, 0.2) is 36.1 Å². The number of benzene rings is 1. The quantitative estimate of drug-likeness (QED) is 0.541. The Kier molecular flexibility index (Phi) is 2.59. The summed E-state index contributed by atoms with van der Waals surface area (Å²) in [4.78, 5) is 12.4. The predicted molar refractivity (Wildman–Crippen MR) is 66.9 cm³/mol. The average Bonchev–Trinajstić information content (AvgIpc) is 2.40. The van der Waals surface area contributed by atoms with E-state index in [2.05, 4.69) is 5.32 Å². The summed E-state index contributed by atoms with van der Waals surface area (Å²) in [5.74, 6) is 0.497. The smallest absolute Gasteiger partial charge is 0.199 e. The highest BCUT2D eigenvalue weighted by atomic mass is 16.5. The lowest BCUT2D eigenvalue weighted by Gasteiger charge is -2.42. The highest BCUT2D eigenvalue weighted by Gasteiger charge is 2.46. The summed E-state index contributed by atoms with van der Waals surface area (Å²) in [7, 11) is 0. The fourth-order valence-corrected chi connectivity index (χ4v) is 2.74. The van der Waals surface area contributed by atoms with Gasteiger partial charge in [0, 0.05) is 12.8 Å². The van der Waals surface area contributed by atoms with E-state index >= 15 is 0 Å². The number of carbonyl (C=O) groups excluding carboxylic acids is 1. The second kappa shape index (κ2) is 4.14. The van der Waals surface area contributed by atoms with Crippen LogP contribution in [0.1, 0.15) is 23.2 Å². The van der Waals surface area contributed by atoms with Gasteiger partial charge in [0.05, 0.1) is 17.4 Å². The minimum absolute atomic E-state index is 0.124. The van der Waals surface area contributed by atoms with Crippen LogP contribution in [0, 0.1) is 0 Å². The lowest BCUT2D eigenvalue weighted by Crippen LogP contribution is -2.51. The van der Waals surface area contributed by atoms with E-state index in [0.29, 0.717) is 29.7 Å². The van der Waals surface area contributed by atoms with E-state index in [4.69, 9.17) is 4.74 Å². The number of hydrogen-bond acceptors (Lipinski definition) is 4. The number of ether oxygens (including phenoxy) is 1. The minimum Gasteiger partial charge on any atom is -0.515 e. The molecule has 4 nitrogen and oxygen atoms in total. The first-order valence-electron chi connectivity index (χ1n) is 6.15. The molecule has 2 aliphatic heterocycles. The molecule has 18 heavy (non-hydrogen) atoms. The topological polar surface area (TPSA) is 58.6 Å². The Hall–Kier alpha value is -1.81. The fourth-order valence-electron chi connectivity index (χ4n) is 2.74. The second-order valence-electron chi connectivity index (χ2n) is 4.71. The summed E-state index contributed by atoms with van der Waals surface area (Å²) in [6, 6.07) is 7.20. The van der Waals surface area contributed by atoms with Gasteiger partial charge in [-0.15, -0.1) is 0 Å². The van der Waals surface area contributed by atoms with Crippen molar-refractivity contribution >= 4 is 5.78 Å². The first-order valence-corrected chi connectivity index (χ1v) is 6.15. The molecule has 2 heterocycles. The van der Waals surface area contributed by atoms with E-state index in [1.807, 2.05) is 12.1 Å². The molecule has 1 aromatic rings. The molecule has 2 aliphatic rings. The van der Waals surface area contributed by atoms with Gasteiger partial charge in [-0.2, -0.15) is 0 Å². The number of rotatable bonds is 0. The van der Waals surface area contributed by atoms with Gasteiger partial charge >= 0.3 is 0 Å². The Balaban J connectivity index is 2.11. The Morgan fingerprint density at radius 1 is 1.28 bits per heavy atom. The third kappa shape index (κ3) is 1.53. The summed E-state index contributed by atoms with van der Waals surface area (Å²) < 4.78 is 6.05. The van der Waals surface area contributed by atoms with E-state index in [-0.39, 0.29) is 5.78 Å². The van der Waals surface area contributed by atoms with Gasteiger partial charge in [0.1, 0.15) is 11.4 Å². The van der Waals surface area contributed by atoms with Crippen LogP contribution >= 0.6 is 0 Å². The molecular formula is C14H15NO3. The van der Waals surface area contributed by atoms with Gasteiger partial charge in [-0.1, -0.05) is 12.1 Å². The maximum atomic E-state index is 12.4. The van der Waals surface area contributed by atoms with Crippen molar-refractivity contribution in [3.8, 4) is 5.75 Å². The molecule has 1 spiro atoms. The van der Waals surface area contributed by atoms with Crippen LogP contribution in [0.25, 0.3) is 0 Å². The van der Waals surface area contributed by atoms with Crippen LogP contribution in [0.5, 0.6) is 5.75 Å². The third-order valence-electron chi connectivity index (χ3n) is 3.71. The summed E-state index contributed by atoms with van der Waals surface area (Å²) in [5, 5.41) is 12.7. The van der Waals surface area contributed by atoms with Crippen molar-refractivity contribution in [3.05, 3.63) is 41.7 Å². The summed E-state index contributed by atoms with van der Waals surface area (Å²) in [5.41, 5.74) is 0.246. The normalized spacial score (nSPS) is 23.8. The standard InChI is InChI=1S/C14H15NO3/c16-9-11-13(17)10-3-1-2-4-12(10)18-14(11)5-7-15-8-6-14/h1-4,9,15-16H,5-8H2/b11-9+. The Morgan fingerprint density at radius 2 is 2.00 bits per heavy atom. The number of aliphatic hydroxyl groups is 1. The zero-order valence-corrected chi connectivity index (χ0v) is 9.98. The molecule has 1 aromatic carbocycles. The number of carbonyl (C=O) groups is 1. The zero-order chi connectivity index (χ0) is 12.6. The van der Waals surface area contributed by atoms with Gasteiger partial charge in [-0.05, 0) is 25.2 Å². The van der Waals surface area contributed by atoms with Crippen LogP contribution in [0.2, 0.25) is 0 Å². The molecule has 4 heteroatoms. The Morgan fingerprint density at radius 3 is 2.72 bits per heavy atom. The molecule has 0 unspecified atom stereocenters. The lowest BCUT2D eigenvalue weighted by atomic mass is 9.79. The van der Waals surface area contributed by atoms with Gasteiger partial charge < -0.3 is 15.2 Å². The molecule has 2 N–H and O–H groups in total. The molecule has 1 saturated heterocycles. The number of piperidine rings is 1. The van der Waals surface area contributed by atoms with Crippen molar-refractivity contribution in [2.24, 2.45) is 0 Å². The van der Waals surface area contributed by atoms with Crippen molar-refractivity contribution in [1.82, 2.24) is 5.32 Å². The van der Waals surface area contributed by atoms with E-state index in [9.17, 15) is 9.90 Å². The molecule has 94 valence electrons. The predicted octanol–water partition coefficient (Wildman–Crippen LogP) is 1.83. The fraction of sp³-hybridized carbons (Fsp3) is 0.357. The Bertz CT molecular complexity index is 516. The number of ketones is 1. The maximum Gasteiger partial charge on any atom is 0.199 e. The minimum atomic E-state index is -0.661. The van der Waals surface area contributed by atoms with Crippen LogP contribution in [-0.2, 0) is 0 Å². The van der Waals surface area contributed by atoms with Crippen LogP contribution < -0.4 is 10.1 Å². The first-order chi connectivity index (χ1) is 8.77. The molecule has 0 amide bonds. The number of hydrogen-bond donors (Lipinski definition) is 2. The van der Waals surface area contributed by atoms with E-state index in [1.54, 1.807) is 12.1 Å². The van der Waals surface area contributed by atoms with E-state index in [0.717, 1.165) is 19.4 Å². The van der Waals surface area contributed by atoms with E-state index in [1.165, 1.54) is 0 Å². The van der Waals surface area contributed by atoms with Crippen molar-refractivity contribution in [2.45, 2.75) is 18.4 Å². The van der Waals surface area contributed by atoms with Crippen LogP contribution in [-0.4, -0.2) is 29.6 Å². The van der Waals surface area contributed by atoms with Crippen LogP contribution in [0.4, 0.5) is 0 Å². The second-order valence-corrected chi connectivity index (χ2v) is 4.71. The molecule has 0 aliphatic carbocycles. The SMILES string of the molecule is O=C1/C(=C\O)C2(CCNCC2)Oc2ccccc21. The summed E-state index contributed by atoms with van der Waals surface area (Å²) in [6.45, 7) is 1.57. The molecule has 0 bridgehead atoms. The number of aliphatic hydroxyl groups excluding tert-OH is 1. The summed E-state index contributed by atoms with van der Waals surface area (Å²) >= 11 is 0. The van der Waals surface area contributed by atoms with Gasteiger partial charge in [0.15, 0.2) is 5.78 Å². The highest BCUT2D eigenvalue weighted by molar-refractivity contribution is 6.12. The van der Waals surface area contributed by atoms with Crippen molar-refractivity contribution in [1.29, 1.82) is 0 Å². The molecule has 0 radical (unpaired) electrons. The van der Waals surface area contributed by atoms with E-state index < -0.39 is 5.60 Å². The number of Topliss-reactive ketones (excluding diaryl/α,β-unsaturated/α-hetero) is 1. The lowest BCUT2D eigenvalue weighted by molar-refractivity contribution is 0.0517. The van der Waals surface area contributed by atoms with Crippen LogP contribution in [0.3, 0.4) is 0 Å². The van der Waals surface area contributed by atoms with Crippen molar-refractivity contribution in [3.63, 3.8) is 0 Å². The largest absolute Gasteiger partial charge is 0.515 e. The third-order valence-corrected chi connectivity index (χ3v) is 3.71. The number of fused-ring (bicyclic) bond motifs is 1. The zero-order valence-electron chi connectivity index (χ0n) is 9.98. The molecule has 1 fully saturated rings. The molecular weight excluding hydrogens is 230 g/mol. The maximum absolute atomic E-state index is 12.4. The summed E-state index contributed by atoms with van der Waals surface area (Å²) in [6.07, 6.45) is 2.31. The van der Waals surface area contributed by atoms with Gasteiger partial charge in [0.2, 0.25) is 0 Å². The van der Waals surface area contributed by atoms with Gasteiger partial charge in [-0.25, -0.2) is 0 Å².